The molecule has 0 spiro atoms. The van der Waals surface area contributed by atoms with E-state index in [-0.39, 0.29) is 11.9 Å². The Morgan fingerprint density at radius 1 is 1.22 bits per heavy atom. The molecule has 0 aliphatic heterocycles. The molecular formula is C14H20FN3. The van der Waals surface area contributed by atoms with Gasteiger partial charge in [0.1, 0.15) is 11.4 Å². The van der Waals surface area contributed by atoms with Gasteiger partial charge >= 0.3 is 0 Å². The maximum absolute atomic E-state index is 13.6. The van der Waals surface area contributed by atoms with Crippen LogP contribution in [-0.4, -0.2) is 14.8 Å². The molecule has 0 saturated heterocycles. The number of rotatable bonds is 2. The van der Waals surface area contributed by atoms with Crippen molar-refractivity contribution in [2.45, 2.75) is 40.7 Å². The second kappa shape index (κ2) is 6.28. The summed E-state index contributed by atoms with van der Waals surface area (Å²) >= 11 is 0. The predicted octanol–water partition coefficient (Wildman–Crippen LogP) is 4.00. The fraction of sp³-hybridized carbons (Fsp3) is 0.429. The molecule has 0 N–H and O–H groups in total. The molecule has 0 fully saturated rings. The summed E-state index contributed by atoms with van der Waals surface area (Å²) in [6, 6.07) is 3.24. The molecule has 98 valence electrons. The molecule has 0 aliphatic carbocycles. The normalized spacial score (nSPS) is 10.2. The molecular weight excluding hydrogens is 229 g/mol. The SMILES string of the molecule is CC.Cc1cn(C(C)C)nc1-c1ncccc1F. The van der Waals surface area contributed by atoms with Crippen molar-refractivity contribution in [1.82, 2.24) is 14.8 Å². The lowest BCUT2D eigenvalue weighted by atomic mass is 10.2. The van der Waals surface area contributed by atoms with Crippen LogP contribution in [0.2, 0.25) is 0 Å². The van der Waals surface area contributed by atoms with Gasteiger partial charge in [-0.25, -0.2) is 4.39 Å². The summed E-state index contributed by atoms with van der Waals surface area (Å²) in [6.45, 7) is 9.98. The van der Waals surface area contributed by atoms with Crippen molar-refractivity contribution in [3.63, 3.8) is 0 Å². The first-order valence-corrected chi connectivity index (χ1v) is 6.26. The first-order chi connectivity index (χ1) is 8.59. The largest absolute Gasteiger partial charge is 0.269 e. The average Bonchev–Trinajstić information content (AvgIpc) is 2.75. The van der Waals surface area contributed by atoms with Gasteiger partial charge in [0.15, 0.2) is 5.82 Å². The molecule has 2 aromatic heterocycles. The predicted molar refractivity (Wildman–Crippen MR) is 71.9 cm³/mol. The third-order valence-corrected chi connectivity index (χ3v) is 2.43. The molecule has 3 nitrogen and oxygen atoms in total. The van der Waals surface area contributed by atoms with Crippen molar-refractivity contribution in [3.8, 4) is 11.4 Å². The number of aromatic nitrogens is 3. The van der Waals surface area contributed by atoms with Crippen LogP contribution in [0.3, 0.4) is 0 Å². The number of halogens is 1. The van der Waals surface area contributed by atoms with Crippen molar-refractivity contribution in [3.05, 3.63) is 35.9 Å². The van der Waals surface area contributed by atoms with Crippen LogP contribution in [0.15, 0.2) is 24.5 Å². The molecule has 0 atom stereocenters. The lowest BCUT2D eigenvalue weighted by Crippen LogP contribution is -2.01. The maximum atomic E-state index is 13.6. The first-order valence-electron chi connectivity index (χ1n) is 6.26. The highest BCUT2D eigenvalue weighted by Gasteiger charge is 2.13. The Kier molecular flexibility index (Phi) is 5.01. The lowest BCUT2D eigenvalue weighted by molar-refractivity contribution is 0.532. The van der Waals surface area contributed by atoms with E-state index < -0.39 is 0 Å². The highest BCUT2D eigenvalue weighted by Crippen LogP contribution is 2.22. The maximum Gasteiger partial charge on any atom is 0.151 e. The standard InChI is InChI=1S/C12H14FN3.C2H6/c1-8(2)16-7-9(3)11(15-16)12-10(13)5-4-6-14-12;1-2/h4-8H,1-3H3;1-2H3. The minimum atomic E-state index is -0.334. The average molecular weight is 249 g/mol. The molecule has 0 unspecified atom stereocenters. The van der Waals surface area contributed by atoms with Gasteiger partial charge in [-0.2, -0.15) is 5.10 Å². The second-order valence-electron chi connectivity index (χ2n) is 4.07. The summed E-state index contributed by atoms with van der Waals surface area (Å²) in [6.07, 6.45) is 3.49. The molecule has 0 radical (unpaired) electrons. The van der Waals surface area contributed by atoms with E-state index in [2.05, 4.69) is 10.1 Å². The number of hydrogen-bond donors (Lipinski definition) is 0. The van der Waals surface area contributed by atoms with Gasteiger partial charge in [-0.15, -0.1) is 0 Å². The van der Waals surface area contributed by atoms with E-state index >= 15 is 0 Å². The highest BCUT2D eigenvalue weighted by molar-refractivity contribution is 5.58. The Hall–Kier alpha value is -1.71. The smallest absolute Gasteiger partial charge is 0.151 e. The monoisotopic (exact) mass is 249 g/mol. The Balaban J connectivity index is 0.000000771. The zero-order valence-corrected chi connectivity index (χ0v) is 11.6. The molecule has 4 heteroatoms. The van der Waals surface area contributed by atoms with Crippen molar-refractivity contribution in [2.75, 3.05) is 0 Å². The van der Waals surface area contributed by atoms with Crippen LogP contribution in [-0.2, 0) is 0 Å². The van der Waals surface area contributed by atoms with Crippen LogP contribution in [0.5, 0.6) is 0 Å². The summed E-state index contributed by atoms with van der Waals surface area (Å²) < 4.78 is 15.4. The van der Waals surface area contributed by atoms with E-state index in [1.54, 1.807) is 12.3 Å². The molecule has 2 rings (SSSR count). The minimum Gasteiger partial charge on any atom is -0.269 e. The van der Waals surface area contributed by atoms with Gasteiger partial charge in [-0.05, 0) is 38.5 Å². The fourth-order valence-electron chi connectivity index (χ4n) is 1.54. The van der Waals surface area contributed by atoms with Gasteiger partial charge in [0.2, 0.25) is 0 Å². The van der Waals surface area contributed by atoms with Gasteiger partial charge in [0.05, 0.1) is 0 Å². The minimum absolute atomic E-state index is 0.263. The molecule has 2 aromatic rings. The van der Waals surface area contributed by atoms with Crippen molar-refractivity contribution < 1.29 is 4.39 Å². The molecule has 2 heterocycles. The van der Waals surface area contributed by atoms with Crippen LogP contribution in [0, 0.1) is 12.7 Å². The van der Waals surface area contributed by atoms with Crippen LogP contribution in [0.25, 0.3) is 11.4 Å². The number of hydrogen-bond acceptors (Lipinski definition) is 2. The van der Waals surface area contributed by atoms with Gasteiger partial charge < -0.3 is 0 Å². The third-order valence-electron chi connectivity index (χ3n) is 2.43. The van der Waals surface area contributed by atoms with Crippen LogP contribution in [0.1, 0.15) is 39.3 Å². The summed E-state index contributed by atoms with van der Waals surface area (Å²) in [4.78, 5) is 4.03. The van der Waals surface area contributed by atoms with Crippen molar-refractivity contribution >= 4 is 0 Å². The molecule has 0 aromatic carbocycles. The summed E-state index contributed by atoms with van der Waals surface area (Å²) in [5.41, 5.74) is 1.87. The zero-order chi connectivity index (χ0) is 13.7. The summed E-state index contributed by atoms with van der Waals surface area (Å²) in [5.74, 6) is -0.334. The van der Waals surface area contributed by atoms with Gasteiger partial charge in [-0.1, -0.05) is 13.8 Å². The van der Waals surface area contributed by atoms with Crippen molar-refractivity contribution in [2.24, 2.45) is 0 Å². The van der Waals surface area contributed by atoms with Gasteiger partial charge in [0.25, 0.3) is 0 Å². The Labute approximate surface area is 108 Å². The molecule has 0 aliphatic rings. The summed E-state index contributed by atoms with van der Waals surface area (Å²) in [7, 11) is 0. The van der Waals surface area contributed by atoms with E-state index in [9.17, 15) is 4.39 Å². The van der Waals surface area contributed by atoms with Gasteiger partial charge in [-0.3, -0.25) is 9.67 Å². The van der Waals surface area contributed by atoms with Crippen molar-refractivity contribution in [1.29, 1.82) is 0 Å². The molecule has 18 heavy (non-hydrogen) atoms. The van der Waals surface area contributed by atoms with Crippen LogP contribution < -0.4 is 0 Å². The van der Waals surface area contributed by atoms with Crippen LogP contribution >= 0.6 is 0 Å². The fourth-order valence-corrected chi connectivity index (χ4v) is 1.54. The zero-order valence-electron chi connectivity index (χ0n) is 11.6. The second-order valence-corrected chi connectivity index (χ2v) is 4.07. The lowest BCUT2D eigenvalue weighted by Gasteiger charge is -2.03. The number of nitrogens with zero attached hydrogens (tertiary/aromatic N) is 3. The molecule has 0 saturated carbocycles. The van der Waals surface area contributed by atoms with E-state index in [1.165, 1.54) is 6.07 Å². The summed E-state index contributed by atoms with van der Waals surface area (Å²) in [5, 5.41) is 4.35. The first kappa shape index (κ1) is 14.4. The Bertz CT molecular complexity index is 503. The quantitative estimate of drug-likeness (QED) is 0.805. The topological polar surface area (TPSA) is 30.7 Å². The van der Waals surface area contributed by atoms with E-state index in [1.807, 2.05) is 45.5 Å². The van der Waals surface area contributed by atoms with Crippen LogP contribution in [0.4, 0.5) is 4.39 Å². The third kappa shape index (κ3) is 2.94. The molecule has 0 bridgehead atoms. The van der Waals surface area contributed by atoms with E-state index in [0.717, 1.165) is 5.56 Å². The molecule has 0 amide bonds. The van der Waals surface area contributed by atoms with E-state index in [4.69, 9.17) is 0 Å². The number of pyridine rings is 1. The Morgan fingerprint density at radius 2 is 1.89 bits per heavy atom. The highest BCUT2D eigenvalue weighted by atomic mass is 19.1. The Morgan fingerprint density at radius 3 is 2.39 bits per heavy atom. The number of aryl methyl sites for hydroxylation is 1. The van der Waals surface area contributed by atoms with Gasteiger partial charge in [0, 0.05) is 18.4 Å². The van der Waals surface area contributed by atoms with E-state index in [0.29, 0.717) is 11.4 Å².